The molecule has 0 N–H and O–H groups in total. The predicted octanol–water partition coefficient (Wildman–Crippen LogP) is 17.4. The van der Waals surface area contributed by atoms with E-state index in [4.69, 9.17) is 11.6 Å². The Labute approximate surface area is 442 Å². The molecule has 2 aromatic heterocycles. The predicted molar refractivity (Wildman–Crippen MR) is 309 cm³/mol. The molecule has 5 aromatic carbocycles. The van der Waals surface area contributed by atoms with Gasteiger partial charge in [-0.2, -0.15) is 9.13 Å². The zero-order chi connectivity index (χ0) is 48.6. The van der Waals surface area contributed by atoms with Crippen LogP contribution in [-0.4, -0.2) is 13.6 Å². The van der Waals surface area contributed by atoms with Crippen molar-refractivity contribution in [2.24, 2.45) is 5.41 Å². The van der Waals surface area contributed by atoms with Crippen molar-refractivity contribution >= 4 is 102 Å². The molecule has 0 spiro atoms. The van der Waals surface area contributed by atoms with Crippen LogP contribution in [-0.2, 0) is 25.9 Å². The van der Waals surface area contributed by atoms with Gasteiger partial charge in [0.1, 0.15) is 9.40 Å². The van der Waals surface area contributed by atoms with Gasteiger partial charge in [0.05, 0.1) is 21.4 Å². The molecule has 6 heterocycles. The fourth-order valence-electron chi connectivity index (χ4n) is 11.0. The third-order valence-corrected chi connectivity index (χ3v) is 19.1. The fourth-order valence-corrected chi connectivity index (χ4v) is 15.7. The number of thioether (sulfide) groups is 2. The molecule has 7 aromatic rings. The largest absolute Gasteiger partial charge is 0.338 e. The molecule has 71 heavy (non-hydrogen) atoms. The van der Waals surface area contributed by atoms with Crippen molar-refractivity contribution in [1.82, 2.24) is 0 Å². The summed E-state index contributed by atoms with van der Waals surface area (Å²) in [6.07, 6.45) is 27.2. The minimum atomic E-state index is 0.240. The van der Waals surface area contributed by atoms with Crippen LogP contribution in [0, 0.1) is 5.41 Å². The standard InChI is InChI=1S/C35H35N2S2.C27H28ClN2S2/c1-4-36-29-21-28(26-10-6-5-7-11-26)15-16-30(29)38-32(36)19-24-18-25(23-35(2,3)22-24)20-33-37-17-9-13-27-12-8-14-31(39-33)34(27)37;1-3-4-7-19(11-15-25-29(2)22-18-21(28)13-14-23(22)31-25)12-16-26-30-17-6-9-20-8-5-10-24(32-26)27(20)30/h5-8,10-12,14-16,18-21H,4,9,13,17,22-23H2,1-3H3;5,8,10-16,18H,3-4,6-7,9,17H2,1-2H3/q2*+1. The molecule has 5 aliphatic rings. The van der Waals surface area contributed by atoms with E-state index in [1.165, 1.54) is 139 Å². The first kappa shape index (κ1) is 48.2. The highest BCUT2D eigenvalue weighted by molar-refractivity contribution is 8.04. The van der Waals surface area contributed by atoms with Crippen molar-refractivity contribution in [1.29, 1.82) is 0 Å². The highest BCUT2D eigenvalue weighted by Crippen LogP contribution is 2.50. The van der Waals surface area contributed by atoms with Gasteiger partial charge in [-0.1, -0.05) is 164 Å². The van der Waals surface area contributed by atoms with Crippen LogP contribution in [0.25, 0.3) is 43.7 Å². The van der Waals surface area contributed by atoms with E-state index in [-0.39, 0.29) is 5.41 Å². The summed E-state index contributed by atoms with van der Waals surface area (Å²) >= 11 is 13.8. The topological polar surface area (TPSA) is 14.2 Å². The third-order valence-electron chi connectivity index (χ3n) is 14.4. The molecule has 0 radical (unpaired) electrons. The Morgan fingerprint density at radius 2 is 1.41 bits per heavy atom. The fraction of sp³-hybridized carbons (Fsp3) is 0.290. The number of nitrogens with zero attached hydrogens (tertiary/aromatic N) is 4. The van der Waals surface area contributed by atoms with E-state index in [0.29, 0.717) is 0 Å². The molecular formula is C62H63ClN4S4+2. The second-order valence-corrected chi connectivity index (χ2v) is 24.9. The molecule has 0 saturated heterocycles. The van der Waals surface area contributed by atoms with E-state index < -0.39 is 0 Å². The van der Waals surface area contributed by atoms with E-state index in [1.807, 2.05) is 58.3 Å². The Hall–Kier alpha value is -5.09. The molecular weight excluding hydrogens is 964 g/mol. The van der Waals surface area contributed by atoms with Gasteiger partial charge in [0.15, 0.2) is 13.1 Å². The third kappa shape index (κ3) is 10.2. The molecule has 0 amide bonds. The minimum Gasteiger partial charge on any atom is -0.338 e. The molecule has 0 saturated carbocycles. The summed E-state index contributed by atoms with van der Waals surface area (Å²) in [7, 11) is 2.12. The van der Waals surface area contributed by atoms with Crippen LogP contribution >= 0.6 is 57.8 Å². The van der Waals surface area contributed by atoms with Crippen molar-refractivity contribution in [2.75, 3.05) is 23.4 Å². The van der Waals surface area contributed by atoms with Gasteiger partial charge < -0.3 is 9.80 Å². The van der Waals surface area contributed by atoms with E-state index >= 15 is 0 Å². The van der Waals surface area contributed by atoms with Crippen molar-refractivity contribution in [3.05, 3.63) is 186 Å². The lowest BCUT2D eigenvalue weighted by Crippen LogP contribution is -2.38. The van der Waals surface area contributed by atoms with Crippen LogP contribution in [0.3, 0.4) is 0 Å². The summed E-state index contributed by atoms with van der Waals surface area (Å²) in [5, 5.41) is 6.13. The Bertz CT molecular complexity index is 3360. The number of aryl methyl sites for hydroxylation is 4. The summed E-state index contributed by atoms with van der Waals surface area (Å²) in [6, 6.07) is 37.4. The molecule has 0 unspecified atom stereocenters. The van der Waals surface area contributed by atoms with Gasteiger partial charge in [-0.05, 0) is 133 Å². The maximum Gasteiger partial charge on any atom is 0.263 e. The molecule has 0 bridgehead atoms. The van der Waals surface area contributed by atoms with Crippen LogP contribution in [0.5, 0.6) is 0 Å². The number of anilines is 2. The van der Waals surface area contributed by atoms with Gasteiger partial charge in [-0.3, -0.25) is 0 Å². The quantitative estimate of drug-likeness (QED) is 0.100. The Morgan fingerprint density at radius 1 is 0.718 bits per heavy atom. The summed E-state index contributed by atoms with van der Waals surface area (Å²) in [5.74, 6) is 0. The van der Waals surface area contributed by atoms with Gasteiger partial charge in [-0.25, -0.2) is 0 Å². The van der Waals surface area contributed by atoms with E-state index in [2.05, 4.69) is 187 Å². The molecule has 0 atom stereocenters. The molecule has 4 nitrogen and oxygen atoms in total. The average Bonchev–Trinajstić information content (AvgIpc) is 4.12. The first-order valence-corrected chi connectivity index (χ1v) is 29.2. The van der Waals surface area contributed by atoms with Crippen molar-refractivity contribution in [2.45, 2.75) is 108 Å². The summed E-state index contributed by atoms with van der Waals surface area (Å²) in [6.45, 7) is 12.6. The number of halogens is 1. The number of para-hydroxylation sites is 2. The highest BCUT2D eigenvalue weighted by Gasteiger charge is 2.31. The number of benzene rings is 5. The molecule has 1 aliphatic carbocycles. The smallest absolute Gasteiger partial charge is 0.263 e. The van der Waals surface area contributed by atoms with Crippen LogP contribution in [0.15, 0.2) is 170 Å². The van der Waals surface area contributed by atoms with Gasteiger partial charge in [-0.15, -0.1) is 0 Å². The maximum atomic E-state index is 6.21. The lowest BCUT2D eigenvalue weighted by molar-refractivity contribution is -0.672. The Kier molecular flexibility index (Phi) is 14.1. The van der Waals surface area contributed by atoms with Crippen LogP contribution in [0.1, 0.15) is 93.8 Å². The van der Waals surface area contributed by atoms with Crippen LogP contribution in [0.4, 0.5) is 11.4 Å². The monoisotopic (exact) mass is 1030 g/mol. The van der Waals surface area contributed by atoms with E-state index in [0.717, 1.165) is 43.9 Å². The summed E-state index contributed by atoms with van der Waals surface area (Å²) in [5.41, 5.74) is 15.5. The number of rotatable bonds is 10. The first-order chi connectivity index (χ1) is 34.6. The van der Waals surface area contributed by atoms with Gasteiger partial charge in [0.25, 0.3) is 10.0 Å². The van der Waals surface area contributed by atoms with Gasteiger partial charge in [0.2, 0.25) is 11.0 Å². The Morgan fingerprint density at radius 3 is 2.14 bits per heavy atom. The Balaban J connectivity index is 0.000000157. The molecule has 12 rings (SSSR count). The molecule has 360 valence electrons. The molecule has 9 heteroatoms. The number of unbranched alkanes of at least 4 members (excludes halogenated alkanes) is 1. The maximum absolute atomic E-state index is 6.21. The first-order valence-electron chi connectivity index (χ1n) is 25.6. The number of hydrogen-bond acceptors (Lipinski definition) is 6. The lowest BCUT2D eigenvalue weighted by atomic mass is 9.75. The minimum absolute atomic E-state index is 0.240. The SMILES string of the molecule is CCCCC(C=Cc1sc2cccc3c2[n+]1CCC3)=CC=C1Sc2ccc(Cl)cc2N1C.CCN1C(=CC2=CC(=Cc3sc4cccc5c4[n+]3CCC5)CC(C)(C)C2)Sc2ccc(-c3ccccc3)cc21. The van der Waals surface area contributed by atoms with Crippen LogP contribution < -0.4 is 18.9 Å². The number of thiazole rings is 2. The second-order valence-electron chi connectivity index (χ2n) is 20.2. The highest BCUT2D eigenvalue weighted by atomic mass is 35.5. The zero-order valence-corrected chi connectivity index (χ0v) is 45.7. The molecule has 4 aliphatic heterocycles. The van der Waals surface area contributed by atoms with Crippen molar-refractivity contribution < 1.29 is 9.13 Å². The molecule has 0 fully saturated rings. The number of aromatic nitrogens is 2. The van der Waals surface area contributed by atoms with Gasteiger partial charge in [0, 0.05) is 64.5 Å². The lowest BCUT2D eigenvalue weighted by Gasteiger charge is -2.31. The second kappa shape index (κ2) is 20.8. The van der Waals surface area contributed by atoms with Gasteiger partial charge >= 0.3 is 0 Å². The zero-order valence-electron chi connectivity index (χ0n) is 41.6. The van der Waals surface area contributed by atoms with Crippen molar-refractivity contribution in [3.8, 4) is 11.1 Å². The summed E-state index contributed by atoms with van der Waals surface area (Å²) < 4.78 is 7.93. The summed E-state index contributed by atoms with van der Waals surface area (Å²) in [4.78, 5) is 7.34. The average molecular weight is 1030 g/mol. The number of fused-ring (bicyclic) bond motifs is 2. The number of allylic oxidation sites excluding steroid dienone is 8. The number of hydrogen-bond donors (Lipinski definition) is 0. The van der Waals surface area contributed by atoms with E-state index in [9.17, 15) is 0 Å². The van der Waals surface area contributed by atoms with Crippen molar-refractivity contribution in [3.63, 3.8) is 0 Å². The van der Waals surface area contributed by atoms with E-state index in [1.54, 1.807) is 0 Å². The normalized spacial score (nSPS) is 18.8. The van der Waals surface area contributed by atoms with Crippen LogP contribution in [0.2, 0.25) is 5.02 Å².